The summed E-state index contributed by atoms with van der Waals surface area (Å²) in [7, 11) is 0. The summed E-state index contributed by atoms with van der Waals surface area (Å²) in [5.41, 5.74) is 0.598. The molecule has 1 aromatic heterocycles. The second kappa shape index (κ2) is 6.06. The summed E-state index contributed by atoms with van der Waals surface area (Å²) in [5, 5.41) is 11.5. The summed E-state index contributed by atoms with van der Waals surface area (Å²) >= 11 is 0. The molecule has 0 bridgehead atoms. The molecule has 0 spiro atoms. The fourth-order valence-corrected chi connectivity index (χ4v) is 2.73. The third-order valence-electron chi connectivity index (χ3n) is 3.87. The number of aliphatic hydroxyl groups is 1. The maximum absolute atomic E-state index is 12.3. The van der Waals surface area contributed by atoms with Crippen molar-refractivity contribution in [3.05, 3.63) is 23.9 Å². The van der Waals surface area contributed by atoms with Crippen molar-refractivity contribution < 1.29 is 9.90 Å². The molecule has 1 aliphatic rings. The number of hydrogen-bond donors (Lipinski definition) is 2. The highest BCUT2D eigenvalue weighted by Gasteiger charge is 2.39. The van der Waals surface area contributed by atoms with Crippen LogP contribution in [0.2, 0.25) is 0 Å². The number of pyridine rings is 1. The van der Waals surface area contributed by atoms with Crippen LogP contribution < -0.4 is 5.32 Å². The predicted octanol–water partition coefficient (Wildman–Crippen LogP) is 2.19. The molecule has 1 aromatic rings. The molecular formula is C16H20N2O2. The van der Waals surface area contributed by atoms with Crippen LogP contribution >= 0.6 is 0 Å². The molecule has 4 nitrogen and oxygen atoms in total. The zero-order chi connectivity index (χ0) is 14.6. The quantitative estimate of drug-likeness (QED) is 0.811. The maximum atomic E-state index is 12.3. The third-order valence-corrected chi connectivity index (χ3v) is 3.87. The Hall–Kier alpha value is -1.86. The zero-order valence-electron chi connectivity index (χ0n) is 11.9. The largest absolute Gasteiger partial charge is 0.384 e. The molecule has 1 atom stereocenters. The molecule has 1 heterocycles. The summed E-state index contributed by atoms with van der Waals surface area (Å²) in [6, 6.07) is 5.30. The number of rotatable bonds is 2. The normalized spacial score (nSPS) is 20.1. The lowest BCUT2D eigenvalue weighted by molar-refractivity contribution is -0.122. The van der Waals surface area contributed by atoms with Gasteiger partial charge in [0.2, 0.25) is 5.91 Å². The number of amides is 1. The van der Waals surface area contributed by atoms with Gasteiger partial charge in [0.15, 0.2) is 0 Å². The summed E-state index contributed by atoms with van der Waals surface area (Å²) in [6.45, 7) is 4.08. The molecular weight excluding hydrogens is 252 g/mol. The predicted molar refractivity (Wildman–Crippen MR) is 78.0 cm³/mol. The molecule has 2 N–H and O–H groups in total. The molecule has 1 saturated carbocycles. The van der Waals surface area contributed by atoms with Crippen molar-refractivity contribution in [2.24, 2.45) is 11.3 Å². The van der Waals surface area contributed by atoms with Gasteiger partial charge in [0.25, 0.3) is 0 Å². The van der Waals surface area contributed by atoms with Crippen molar-refractivity contribution in [3.63, 3.8) is 0 Å². The molecule has 1 aliphatic carbocycles. The van der Waals surface area contributed by atoms with Crippen LogP contribution in [-0.4, -0.2) is 22.6 Å². The minimum Gasteiger partial charge on any atom is -0.384 e. The number of aliphatic hydroxyl groups excluding tert-OH is 1. The van der Waals surface area contributed by atoms with Crippen molar-refractivity contribution >= 4 is 11.7 Å². The monoisotopic (exact) mass is 272 g/mol. The standard InChI is InChI=1S/C16H20N2O2/c1-16(2)10-4-8-13(16)15(20)18-14-9-3-6-12(17-14)7-5-11-19/h3,6,9,13,19H,4,8,10-11H2,1-2H3,(H,17,18,20). The topological polar surface area (TPSA) is 62.2 Å². The Morgan fingerprint density at radius 2 is 2.35 bits per heavy atom. The van der Waals surface area contributed by atoms with Gasteiger partial charge in [-0.1, -0.05) is 32.3 Å². The first-order valence-electron chi connectivity index (χ1n) is 6.90. The molecule has 0 aromatic carbocycles. The molecule has 1 amide bonds. The third kappa shape index (κ3) is 3.37. The van der Waals surface area contributed by atoms with Crippen molar-refractivity contribution in [2.75, 3.05) is 11.9 Å². The number of aromatic nitrogens is 1. The van der Waals surface area contributed by atoms with Gasteiger partial charge >= 0.3 is 0 Å². The minimum atomic E-state index is -0.200. The van der Waals surface area contributed by atoms with Crippen LogP contribution in [0.15, 0.2) is 18.2 Å². The summed E-state index contributed by atoms with van der Waals surface area (Å²) in [6.07, 6.45) is 3.11. The number of hydrogen-bond acceptors (Lipinski definition) is 3. The smallest absolute Gasteiger partial charge is 0.229 e. The average molecular weight is 272 g/mol. The molecule has 4 heteroatoms. The van der Waals surface area contributed by atoms with Crippen LogP contribution in [0.5, 0.6) is 0 Å². The van der Waals surface area contributed by atoms with E-state index in [9.17, 15) is 4.79 Å². The molecule has 0 radical (unpaired) electrons. The molecule has 2 rings (SSSR count). The molecule has 0 aliphatic heterocycles. The number of anilines is 1. The van der Waals surface area contributed by atoms with Crippen LogP contribution in [0.3, 0.4) is 0 Å². The SMILES string of the molecule is CC1(C)CCCC1C(=O)Nc1cccc(C#CCO)n1. The number of carbonyl (C=O) groups is 1. The summed E-state index contributed by atoms with van der Waals surface area (Å²) in [4.78, 5) is 16.6. The fourth-order valence-electron chi connectivity index (χ4n) is 2.73. The number of nitrogens with one attached hydrogen (secondary N) is 1. The molecule has 1 unspecified atom stereocenters. The van der Waals surface area contributed by atoms with Gasteiger partial charge in [-0.2, -0.15) is 0 Å². The number of nitrogens with zero attached hydrogens (tertiary/aromatic N) is 1. The second-order valence-corrected chi connectivity index (χ2v) is 5.79. The average Bonchev–Trinajstić information content (AvgIpc) is 2.76. The maximum Gasteiger partial charge on any atom is 0.229 e. The van der Waals surface area contributed by atoms with Gasteiger partial charge in [-0.3, -0.25) is 4.79 Å². The second-order valence-electron chi connectivity index (χ2n) is 5.79. The van der Waals surface area contributed by atoms with Crippen LogP contribution in [0.1, 0.15) is 38.8 Å². The van der Waals surface area contributed by atoms with Gasteiger partial charge in [0.05, 0.1) is 0 Å². The van der Waals surface area contributed by atoms with E-state index >= 15 is 0 Å². The Labute approximate surface area is 119 Å². The summed E-state index contributed by atoms with van der Waals surface area (Å²) < 4.78 is 0. The first-order chi connectivity index (χ1) is 9.53. The van der Waals surface area contributed by atoms with E-state index < -0.39 is 0 Å². The van der Waals surface area contributed by atoms with E-state index in [1.807, 2.05) is 0 Å². The van der Waals surface area contributed by atoms with E-state index in [2.05, 4.69) is 36.0 Å². The molecule has 1 fully saturated rings. The van der Waals surface area contributed by atoms with Crippen molar-refractivity contribution in [2.45, 2.75) is 33.1 Å². The zero-order valence-corrected chi connectivity index (χ0v) is 11.9. The Kier molecular flexibility index (Phi) is 4.41. The van der Waals surface area contributed by atoms with E-state index in [-0.39, 0.29) is 23.8 Å². The first kappa shape index (κ1) is 14.5. The van der Waals surface area contributed by atoms with Gasteiger partial charge in [-0.15, -0.1) is 0 Å². The van der Waals surface area contributed by atoms with E-state index in [0.29, 0.717) is 11.5 Å². The van der Waals surface area contributed by atoms with E-state index in [1.54, 1.807) is 18.2 Å². The first-order valence-corrected chi connectivity index (χ1v) is 6.90. The number of carbonyl (C=O) groups excluding carboxylic acids is 1. The van der Waals surface area contributed by atoms with Gasteiger partial charge in [-0.05, 0) is 36.3 Å². The summed E-state index contributed by atoms with van der Waals surface area (Å²) in [5.74, 6) is 5.86. The van der Waals surface area contributed by atoms with Crippen molar-refractivity contribution in [1.29, 1.82) is 0 Å². The van der Waals surface area contributed by atoms with Gasteiger partial charge in [0.1, 0.15) is 18.1 Å². The van der Waals surface area contributed by atoms with Crippen molar-refractivity contribution in [1.82, 2.24) is 4.98 Å². The Bertz CT molecular complexity index is 555. The highest BCUT2D eigenvalue weighted by atomic mass is 16.2. The Balaban J connectivity index is 2.08. The van der Waals surface area contributed by atoms with E-state index in [1.165, 1.54) is 0 Å². The van der Waals surface area contributed by atoms with Gasteiger partial charge < -0.3 is 10.4 Å². The van der Waals surface area contributed by atoms with Crippen molar-refractivity contribution in [3.8, 4) is 11.8 Å². The van der Waals surface area contributed by atoms with Crippen LogP contribution in [0.25, 0.3) is 0 Å². The molecule has 0 saturated heterocycles. The fraction of sp³-hybridized carbons (Fsp3) is 0.500. The van der Waals surface area contributed by atoms with E-state index in [4.69, 9.17) is 5.11 Å². The van der Waals surface area contributed by atoms with Gasteiger partial charge in [-0.25, -0.2) is 4.98 Å². The van der Waals surface area contributed by atoms with Crippen LogP contribution in [0.4, 0.5) is 5.82 Å². The van der Waals surface area contributed by atoms with Gasteiger partial charge in [0, 0.05) is 5.92 Å². The highest BCUT2D eigenvalue weighted by molar-refractivity contribution is 5.92. The lowest BCUT2D eigenvalue weighted by atomic mass is 9.81. The van der Waals surface area contributed by atoms with Crippen LogP contribution in [-0.2, 0) is 4.79 Å². The Morgan fingerprint density at radius 3 is 3.00 bits per heavy atom. The minimum absolute atomic E-state index is 0.0345. The molecule has 106 valence electrons. The lowest BCUT2D eigenvalue weighted by Gasteiger charge is -2.25. The van der Waals surface area contributed by atoms with E-state index in [0.717, 1.165) is 19.3 Å². The lowest BCUT2D eigenvalue weighted by Crippen LogP contribution is -2.31. The molecule has 20 heavy (non-hydrogen) atoms. The van der Waals surface area contributed by atoms with Crippen LogP contribution in [0, 0.1) is 23.2 Å². The Morgan fingerprint density at radius 1 is 1.55 bits per heavy atom. The highest BCUT2D eigenvalue weighted by Crippen LogP contribution is 2.42.